The van der Waals surface area contributed by atoms with E-state index in [4.69, 9.17) is 0 Å². The minimum atomic E-state index is -0.168. The van der Waals surface area contributed by atoms with Gasteiger partial charge in [-0.3, -0.25) is 10.1 Å². The highest BCUT2D eigenvalue weighted by molar-refractivity contribution is 7.13. The number of aromatic amines is 1. The Kier molecular flexibility index (Phi) is 3.29. The molecule has 2 aromatic heterocycles. The molecule has 0 fully saturated rings. The number of fused-ring (bicyclic) bond motifs is 1. The highest BCUT2D eigenvalue weighted by Gasteiger charge is 2.16. The van der Waals surface area contributed by atoms with Crippen molar-refractivity contribution in [2.45, 2.75) is 26.2 Å². The van der Waals surface area contributed by atoms with E-state index in [2.05, 4.69) is 48.2 Å². The van der Waals surface area contributed by atoms with Crippen LogP contribution in [-0.2, 0) is 5.41 Å². The predicted octanol–water partition coefficient (Wildman–Crippen LogP) is 4.17. The molecule has 0 radical (unpaired) electrons. The fourth-order valence-electron chi connectivity index (χ4n) is 2.17. The zero-order valence-electron chi connectivity index (χ0n) is 12.2. The normalized spacial score (nSPS) is 11.8. The third kappa shape index (κ3) is 2.83. The maximum absolute atomic E-state index is 12.2. The van der Waals surface area contributed by atoms with Gasteiger partial charge >= 0.3 is 0 Å². The number of amides is 1. The molecule has 3 aromatic rings. The van der Waals surface area contributed by atoms with Crippen molar-refractivity contribution >= 4 is 33.3 Å². The van der Waals surface area contributed by atoms with E-state index in [1.54, 1.807) is 6.20 Å². The standard InChI is InChI=1S/C16H17N3OS/c1-16(2,3)11-5-4-10-8-13(18-12(10)9-11)14(20)19-15-17-6-7-21-15/h4-9,18H,1-3H3,(H,17,19,20). The number of hydrogen-bond acceptors (Lipinski definition) is 3. The number of carbonyl (C=O) groups excluding carboxylic acids is 1. The molecular formula is C16H17N3OS. The van der Waals surface area contributed by atoms with Crippen LogP contribution >= 0.6 is 11.3 Å². The van der Waals surface area contributed by atoms with Crippen molar-refractivity contribution in [2.24, 2.45) is 0 Å². The molecule has 1 amide bonds. The summed E-state index contributed by atoms with van der Waals surface area (Å²) in [6.45, 7) is 6.52. The number of H-pyrrole nitrogens is 1. The van der Waals surface area contributed by atoms with Crippen LogP contribution in [0.5, 0.6) is 0 Å². The first kappa shape index (κ1) is 13.8. The highest BCUT2D eigenvalue weighted by atomic mass is 32.1. The van der Waals surface area contributed by atoms with Gasteiger partial charge < -0.3 is 4.98 Å². The average Bonchev–Trinajstić information content (AvgIpc) is 3.04. The molecule has 2 N–H and O–H groups in total. The molecule has 0 atom stereocenters. The average molecular weight is 299 g/mol. The largest absolute Gasteiger partial charge is 0.351 e. The summed E-state index contributed by atoms with van der Waals surface area (Å²) in [5.41, 5.74) is 2.85. The molecule has 0 saturated heterocycles. The number of rotatable bonds is 2. The lowest BCUT2D eigenvalue weighted by atomic mass is 9.87. The Morgan fingerprint density at radius 3 is 2.76 bits per heavy atom. The molecule has 0 aliphatic carbocycles. The smallest absolute Gasteiger partial charge is 0.273 e. The number of anilines is 1. The predicted molar refractivity (Wildman–Crippen MR) is 87.1 cm³/mol. The Bertz CT molecular complexity index is 782. The summed E-state index contributed by atoms with van der Waals surface area (Å²) in [6, 6.07) is 8.13. The van der Waals surface area contributed by atoms with Crippen molar-refractivity contribution in [1.82, 2.24) is 9.97 Å². The molecule has 0 aliphatic heterocycles. The molecule has 21 heavy (non-hydrogen) atoms. The van der Waals surface area contributed by atoms with Gasteiger partial charge in [-0.25, -0.2) is 4.98 Å². The Morgan fingerprint density at radius 1 is 1.29 bits per heavy atom. The number of benzene rings is 1. The van der Waals surface area contributed by atoms with Crippen molar-refractivity contribution in [1.29, 1.82) is 0 Å². The second-order valence-electron chi connectivity index (χ2n) is 6.03. The molecule has 3 rings (SSSR count). The number of nitrogens with zero attached hydrogens (tertiary/aromatic N) is 1. The summed E-state index contributed by atoms with van der Waals surface area (Å²) in [5.74, 6) is -0.168. The molecular weight excluding hydrogens is 282 g/mol. The lowest BCUT2D eigenvalue weighted by molar-refractivity contribution is 0.102. The van der Waals surface area contributed by atoms with Crippen LogP contribution in [0.25, 0.3) is 10.9 Å². The van der Waals surface area contributed by atoms with E-state index in [-0.39, 0.29) is 11.3 Å². The van der Waals surface area contributed by atoms with Crippen LogP contribution in [0, 0.1) is 0 Å². The number of nitrogens with one attached hydrogen (secondary N) is 2. The summed E-state index contributed by atoms with van der Waals surface area (Å²) in [6.07, 6.45) is 1.67. The Morgan fingerprint density at radius 2 is 2.10 bits per heavy atom. The Balaban J connectivity index is 1.92. The monoisotopic (exact) mass is 299 g/mol. The molecule has 5 heteroatoms. The number of carbonyl (C=O) groups is 1. The molecule has 0 spiro atoms. The zero-order chi connectivity index (χ0) is 15.0. The topological polar surface area (TPSA) is 57.8 Å². The van der Waals surface area contributed by atoms with E-state index in [1.165, 1.54) is 16.9 Å². The molecule has 0 unspecified atom stereocenters. The van der Waals surface area contributed by atoms with Gasteiger partial charge in [-0.1, -0.05) is 32.9 Å². The van der Waals surface area contributed by atoms with Crippen molar-refractivity contribution < 1.29 is 4.79 Å². The van der Waals surface area contributed by atoms with Crippen LogP contribution in [0.15, 0.2) is 35.8 Å². The van der Waals surface area contributed by atoms with E-state index >= 15 is 0 Å². The van der Waals surface area contributed by atoms with Crippen molar-refractivity contribution in [3.05, 3.63) is 47.1 Å². The van der Waals surface area contributed by atoms with Gasteiger partial charge in [0.2, 0.25) is 0 Å². The van der Waals surface area contributed by atoms with Crippen molar-refractivity contribution in [3.8, 4) is 0 Å². The SMILES string of the molecule is CC(C)(C)c1ccc2cc(C(=O)Nc3nccs3)[nH]c2c1. The van der Waals surface area contributed by atoms with Crippen molar-refractivity contribution in [3.63, 3.8) is 0 Å². The van der Waals surface area contributed by atoms with E-state index in [0.717, 1.165) is 10.9 Å². The first-order chi connectivity index (χ1) is 9.93. The van der Waals surface area contributed by atoms with Gasteiger partial charge in [0, 0.05) is 22.5 Å². The molecule has 108 valence electrons. The zero-order valence-corrected chi connectivity index (χ0v) is 13.0. The van der Waals surface area contributed by atoms with Crippen LogP contribution in [0.2, 0.25) is 0 Å². The quantitative estimate of drug-likeness (QED) is 0.746. The van der Waals surface area contributed by atoms with Gasteiger partial charge in [0.05, 0.1) is 0 Å². The van der Waals surface area contributed by atoms with E-state index in [1.807, 2.05) is 17.5 Å². The van der Waals surface area contributed by atoms with Crippen LogP contribution < -0.4 is 5.32 Å². The van der Waals surface area contributed by atoms with Gasteiger partial charge in [0.1, 0.15) is 5.69 Å². The molecule has 0 bridgehead atoms. The van der Waals surface area contributed by atoms with Crippen LogP contribution in [0.4, 0.5) is 5.13 Å². The molecule has 0 saturated carbocycles. The van der Waals surface area contributed by atoms with E-state index < -0.39 is 0 Å². The lowest BCUT2D eigenvalue weighted by Crippen LogP contribution is -2.12. The van der Waals surface area contributed by atoms with Gasteiger partial charge in [0.25, 0.3) is 5.91 Å². The van der Waals surface area contributed by atoms with Crippen LogP contribution in [-0.4, -0.2) is 15.9 Å². The van der Waals surface area contributed by atoms with Gasteiger partial charge in [-0.05, 0) is 23.1 Å². The first-order valence-electron chi connectivity index (χ1n) is 6.77. The Labute approximate surface area is 127 Å². The number of hydrogen-bond donors (Lipinski definition) is 2. The molecule has 4 nitrogen and oxygen atoms in total. The summed E-state index contributed by atoms with van der Waals surface area (Å²) >= 11 is 1.40. The van der Waals surface area contributed by atoms with Crippen LogP contribution in [0.1, 0.15) is 36.8 Å². The van der Waals surface area contributed by atoms with E-state index in [0.29, 0.717) is 10.8 Å². The number of thiazole rings is 1. The maximum atomic E-state index is 12.2. The van der Waals surface area contributed by atoms with Gasteiger partial charge in [-0.2, -0.15) is 0 Å². The fraction of sp³-hybridized carbons (Fsp3) is 0.250. The van der Waals surface area contributed by atoms with E-state index in [9.17, 15) is 4.79 Å². The van der Waals surface area contributed by atoms with Crippen molar-refractivity contribution in [2.75, 3.05) is 5.32 Å². The minimum absolute atomic E-state index is 0.0859. The first-order valence-corrected chi connectivity index (χ1v) is 7.65. The van der Waals surface area contributed by atoms with Gasteiger partial charge in [0.15, 0.2) is 5.13 Å². The molecule has 0 aliphatic rings. The molecule has 2 heterocycles. The molecule has 1 aromatic carbocycles. The number of aromatic nitrogens is 2. The third-order valence-corrected chi connectivity index (χ3v) is 4.07. The Hall–Kier alpha value is -2.14. The lowest BCUT2D eigenvalue weighted by Gasteiger charge is -2.18. The fourth-order valence-corrected chi connectivity index (χ4v) is 2.69. The minimum Gasteiger partial charge on any atom is -0.351 e. The summed E-state index contributed by atoms with van der Waals surface area (Å²) in [4.78, 5) is 19.4. The summed E-state index contributed by atoms with van der Waals surface area (Å²) in [5, 5.41) is 6.25. The third-order valence-electron chi connectivity index (χ3n) is 3.39. The summed E-state index contributed by atoms with van der Waals surface area (Å²) < 4.78 is 0. The maximum Gasteiger partial charge on any atom is 0.273 e. The van der Waals surface area contributed by atoms with Crippen LogP contribution in [0.3, 0.4) is 0 Å². The van der Waals surface area contributed by atoms with Gasteiger partial charge in [-0.15, -0.1) is 11.3 Å². The second kappa shape index (κ2) is 5.00. The second-order valence-corrected chi connectivity index (χ2v) is 6.92. The summed E-state index contributed by atoms with van der Waals surface area (Å²) in [7, 11) is 0. The highest BCUT2D eigenvalue weighted by Crippen LogP contribution is 2.26.